The maximum atomic E-state index is 13.1. The summed E-state index contributed by atoms with van der Waals surface area (Å²) < 4.78 is 0. The largest absolute Gasteiger partial charge is 0.333 e. The molecule has 1 N–H and O–H groups in total. The molecule has 0 aromatic heterocycles. The molecule has 1 fully saturated rings. The molecule has 5 rings (SSSR count). The van der Waals surface area contributed by atoms with Gasteiger partial charge < -0.3 is 5.32 Å². The number of carbonyl (C=O) groups excluding carboxylic acids is 1. The number of likely N-dealkylation sites (tertiary alicyclic amines) is 1. The van der Waals surface area contributed by atoms with Gasteiger partial charge in [-0.15, -0.1) is 0 Å². The first-order valence-electron chi connectivity index (χ1n) is 11.2. The number of anilines is 2. The average molecular weight is 501 g/mol. The number of halogens is 3. The van der Waals surface area contributed by atoms with Crippen molar-refractivity contribution >= 4 is 52.2 Å². The lowest BCUT2D eigenvalue weighted by atomic mass is 9.93. The third-order valence-corrected chi connectivity index (χ3v) is 7.27. The van der Waals surface area contributed by atoms with E-state index in [0.29, 0.717) is 27.3 Å². The lowest BCUT2D eigenvalue weighted by Gasteiger charge is -2.34. The fraction of sp³-hybridized carbons (Fsp3) is 0.269. The normalized spacial score (nSPS) is 16.5. The topological polar surface area (TPSA) is 35.6 Å². The van der Waals surface area contributed by atoms with Gasteiger partial charge in [0.2, 0.25) is 0 Å². The zero-order valence-corrected chi connectivity index (χ0v) is 20.4. The number of carbonyl (C=O) groups is 1. The zero-order valence-electron chi connectivity index (χ0n) is 18.1. The molecular formula is C26H24Cl3N3O. The van der Waals surface area contributed by atoms with Crippen molar-refractivity contribution in [3.63, 3.8) is 0 Å². The van der Waals surface area contributed by atoms with Gasteiger partial charge in [-0.05, 0) is 67.4 Å². The Hall–Kier alpha value is -2.24. The predicted molar refractivity (Wildman–Crippen MR) is 137 cm³/mol. The fourth-order valence-electron chi connectivity index (χ4n) is 4.76. The summed E-state index contributed by atoms with van der Waals surface area (Å²) in [6, 6.07) is 17.1. The molecule has 0 unspecified atom stereocenters. The number of urea groups is 1. The third-order valence-electron chi connectivity index (χ3n) is 6.33. The van der Waals surface area contributed by atoms with E-state index in [1.165, 1.54) is 19.3 Å². The number of piperidine rings is 1. The second-order valence-electron chi connectivity index (χ2n) is 8.52. The molecule has 1 saturated heterocycles. The van der Waals surface area contributed by atoms with Crippen LogP contribution in [0.2, 0.25) is 15.1 Å². The van der Waals surface area contributed by atoms with E-state index in [-0.39, 0.29) is 6.03 Å². The standard InChI is InChI=1S/C26H24Cl3N3O/c27-21-8-3-2-7-18(21)19-13-17(16-31-11-4-1-5-12-31)14-24-20(19)15-30-26(33)32(24)25-22(28)9-6-10-23(25)29/h2-3,6-10,13-14H,1,4-5,11-12,15-16H2,(H,30,33). The lowest BCUT2D eigenvalue weighted by Crippen LogP contribution is -2.42. The van der Waals surface area contributed by atoms with Crippen molar-refractivity contribution in [3.8, 4) is 11.1 Å². The molecule has 0 atom stereocenters. The van der Waals surface area contributed by atoms with Gasteiger partial charge in [-0.2, -0.15) is 0 Å². The second-order valence-corrected chi connectivity index (χ2v) is 9.74. The molecule has 0 radical (unpaired) electrons. The predicted octanol–water partition coefficient (Wildman–Crippen LogP) is 7.66. The van der Waals surface area contributed by atoms with Crippen LogP contribution in [0.1, 0.15) is 30.4 Å². The van der Waals surface area contributed by atoms with E-state index in [2.05, 4.69) is 22.3 Å². The molecule has 0 bridgehead atoms. The first-order valence-corrected chi connectivity index (χ1v) is 12.3. The van der Waals surface area contributed by atoms with E-state index >= 15 is 0 Å². The zero-order chi connectivity index (χ0) is 22.9. The van der Waals surface area contributed by atoms with Crippen molar-refractivity contribution in [2.75, 3.05) is 18.0 Å². The molecule has 0 saturated carbocycles. The van der Waals surface area contributed by atoms with Crippen molar-refractivity contribution in [1.82, 2.24) is 10.2 Å². The smallest absolute Gasteiger partial charge is 0.326 e. The van der Waals surface area contributed by atoms with Crippen molar-refractivity contribution in [2.24, 2.45) is 0 Å². The average Bonchev–Trinajstić information content (AvgIpc) is 2.81. The summed E-state index contributed by atoms with van der Waals surface area (Å²) in [7, 11) is 0. The molecule has 4 nitrogen and oxygen atoms in total. The van der Waals surface area contributed by atoms with E-state index in [9.17, 15) is 4.79 Å². The van der Waals surface area contributed by atoms with E-state index < -0.39 is 0 Å². The molecule has 3 aromatic rings. The van der Waals surface area contributed by atoms with Gasteiger partial charge in [-0.25, -0.2) is 4.79 Å². The van der Waals surface area contributed by atoms with Crippen molar-refractivity contribution < 1.29 is 4.79 Å². The Bertz CT molecular complexity index is 1190. The van der Waals surface area contributed by atoms with Crippen LogP contribution in [0, 0.1) is 0 Å². The van der Waals surface area contributed by atoms with E-state index in [1.807, 2.05) is 24.3 Å². The number of nitrogens with one attached hydrogen (secondary N) is 1. The Morgan fingerprint density at radius 1 is 0.818 bits per heavy atom. The van der Waals surface area contributed by atoms with Crippen LogP contribution in [-0.2, 0) is 13.1 Å². The van der Waals surface area contributed by atoms with Gasteiger partial charge in [0.25, 0.3) is 0 Å². The van der Waals surface area contributed by atoms with Gasteiger partial charge >= 0.3 is 6.03 Å². The van der Waals surface area contributed by atoms with Crippen LogP contribution in [0.25, 0.3) is 11.1 Å². The van der Waals surface area contributed by atoms with Crippen LogP contribution in [-0.4, -0.2) is 24.0 Å². The maximum absolute atomic E-state index is 13.1. The number of benzene rings is 3. The number of fused-ring (bicyclic) bond motifs is 1. The van der Waals surface area contributed by atoms with Gasteiger partial charge in [0.05, 0.1) is 21.4 Å². The Labute approximate surface area is 209 Å². The Balaban J connectivity index is 1.70. The molecule has 2 aliphatic heterocycles. The van der Waals surface area contributed by atoms with E-state index in [4.69, 9.17) is 34.8 Å². The molecule has 2 aliphatic rings. The summed E-state index contributed by atoms with van der Waals surface area (Å²) >= 11 is 19.7. The van der Waals surface area contributed by atoms with Gasteiger partial charge in [0, 0.05) is 29.2 Å². The van der Waals surface area contributed by atoms with Crippen LogP contribution < -0.4 is 10.2 Å². The number of hydrogen-bond donors (Lipinski definition) is 1. The van der Waals surface area contributed by atoms with E-state index in [1.54, 1.807) is 23.1 Å². The minimum atomic E-state index is -0.252. The molecular weight excluding hydrogens is 477 g/mol. The fourth-order valence-corrected chi connectivity index (χ4v) is 5.57. The number of hydrogen-bond acceptors (Lipinski definition) is 2. The highest BCUT2D eigenvalue weighted by atomic mass is 35.5. The van der Waals surface area contributed by atoms with E-state index in [0.717, 1.165) is 47.6 Å². The minimum absolute atomic E-state index is 0.252. The molecule has 2 amide bonds. The van der Waals surface area contributed by atoms with Crippen LogP contribution in [0.4, 0.5) is 16.2 Å². The molecule has 2 heterocycles. The summed E-state index contributed by atoms with van der Waals surface area (Å²) in [4.78, 5) is 17.2. The summed E-state index contributed by atoms with van der Waals surface area (Å²) in [6.07, 6.45) is 3.71. The molecule has 0 spiro atoms. The molecule has 3 aromatic carbocycles. The first-order chi connectivity index (χ1) is 16.0. The van der Waals surface area contributed by atoms with Crippen LogP contribution in [0.5, 0.6) is 0 Å². The van der Waals surface area contributed by atoms with Crippen LogP contribution in [0.15, 0.2) is 54.6 Å². The highest BCUT2D eigenvalue weighted by molar-refractivity contribution is 6.40. The van der Waals surface area contributed by atoms with Crippen LogP contribution in [0.3, 0.4) is 0 Å². The number of amides is 2. The highest BCUT2D eigenvalue weighted by Gasteiger charge is 2.31. The Morgan fingerprint density at radius 3 is 2.24 bits per heavy atom. The highest BCUT2D eigenvalue weighted by Crippen LogP contribution is 2.44. The Morgan fingerprint density at radius 2 is 1.52 bits per heavy atom. The van der Waals surface area contributed by atoms with Gasteiger partial charge in [0.15, 0.2) is 0 Å². The number of para-hydroxylation sites is 1. The van der Waals surface area contributed by atoms with Crippen molar-refractivity contribution in [2.45, 2.75) is 32.4 Å². The van der Waals surface area contributed by atoms with Gasteiger partial charge in [-0.3, -0.25) is 9.80 Å². The second kappa shape index (κ2) is 9.55. The summed E-state index contributed by atoms with van der Waals surface area (Å²) in [6.45, 7) is 3.38. The molecule has 0 aliphatic carbocycles. The van der Waals surface area contributed by atoms with Crippen molar-refractivity contribution in [3.05, 3.63) is 80.8 Å². The Kier molecular flexibility index (Phi) is 6.53. The SMILES string of the molecule is O=C1NCc2c(-c3ccccc3Cl)cc(CN3CCCCC3)cc2N1c1c(Cl)cccc1Cl. The monoisotopic (exact) mass is 499 g/mol. The van der Waals surface area contributed by atoms with Gasteiger partial charge in [0.1, 0.15) is 0 Å². The first kappa shape index (κ1) is 22.5. The summed E-state index contributed by atoms with van der Waals surface area (Å²) in [5, 5.41) is 4.51. The van der Waals surface area contributed by atoms with Gasteiger partial charge in [-0.1, -0.05) is 65.5 Å². The maximum Gasteiger partial charge on any atom is 0.326 e. The lowest BCUT2D eigenvalue weighted by molar-refractivity contribution is 0.221. The third kappa shape index (κ3) is 4.45. The molecule has 33 heavy (non-hydrogen) atoms. The minimum Gasteiger partial charge on any atom is -0.333 e. The molecule has 170 valence electrons. The number of nitrogens with zero attached hydrogens (tertiary/aromatic N) is 2. The summed E-state index contributed by atoms with van der Waals surface area (Å²) in [5.74, 6) is 0. The van der Waals surface area contributed by atoms with Crippen molar-refractivity contribution in [1.29, 1.82) is 0 Å². The number of rotatable bonds is 4. The summed E-state index contributed by atoms with van der Waals surface area (Å²) in [5.41, 5.74) is 5.35. The quantitative estimate of drug-likeness (QED) is 0.399. The van der Waals surface area contributed by atoms with Crippen LogP contribution >= 0.6 is 34.8 Å². The molecule has 7 heteroatoms.